The number of nitriles is 1. The molecule has 0 saturated heterocycles. The van der Waals surface area contributed by atoms with E-state index in [1.807, 2.05) is 42.5 Å². The second-order valence-electron chi connectivity index (χ2n) is 14.0. The predicted molar refractivity (Wildman–Crippen MR) is 238 cm³/mol. The Morgan fingerprint density at radius 1 is 0.797 bits per heavy atom. The van der Waals surface area contributed by atoms with Crippen LogP contribution >= 0.6 is 61.8 Å². The molecule has 4 heterocycles. The van der Waals surface area contributed by atoms with Gasteiger partial charge in [0.1, 0.15) is 40.3 Å². The van der Waals surface area contributed by atoms with Crippen molar-refractivity contribution in [1.29, 1.82) is 5.26 Å². The number of methoxy groups -OCH3 is 2. The normalized spacial score (nSPS) is 11.4. The standard InChI is InChI=1S/C22H24BrClN4O3SSi.C18H11ClN4O2S/c1-29-17-6-5-7-18-19(17)25-22(32-18)28(13-30-10-11-33(2,3)4)21-27-26-20(31-21)15-9-8-14(24)12-16(15)23;1-24-13-3-2-4-14-17(13)21-16(26-14)8-15-22-23-18(25-15)12-6-5-11(19)7-10(12)9-20/h5-9,12H,10-11,13H2,1-4H3;2-7H,8H2,1H3. The molecule has 0 saturated carbocycles. The van der Waals surface area contributed by atoms with E-state index in [-0.39, 0.29) is 12.6 Å². The number of fused-ring (bicyclic) bond motifs is 2. The lowest BCUT2D eigenvalue weighted by atomic mass is 10.1. The van der Waals surface area contributed by atoms with Gasteiger partial charge >= 0.3 is 6.01 Å². The van der Waals surface area contributed by atoms with Gasteiger partial charge in [-0.1, -0.05) is 71.4 Å². The minimum atomic E-state index is -1.22. The third-order valence-electron chi connectivity index (χ3n) is 8.59. The molecule has 302 valence electrons. The highest BCUT2D eigenvalue weighted by molar-refractivity contribution is 9.10. The molecule has 0 spiro atoms. The minimum Gasteiger partial charge on any atom is -0.494 e. The van der Waals surface area contributed by atoms with Gasteiger partial charge in [-0.15, -0.1) is 26.6 Å². The second kappa shape index (κ2) is 18.5. The fourth-order valence-corrected chi connectivity index (χ4v) is 9.30. The summed E-state index contributed by atoms with van der Waals surface area (Å²) in [5.74, 6) is 2.53. The number of ether oxygens (including phenoxy) is 3. The fraction of sp³-hybridized carbons (Fsp3) is 0.225. The van der Waals surface area contributed by atoms with Crippen molar-refractivity contribution < 1.29 is 23.0 Å². The average molecular weight is 951 g/mol. The first-order valence-electron chi connectivity index (χ1n) is 18.0. The molecule has 0 amide bonds. The quantitative estimate of drug-likeness (QED) is 0.0611. The van der Waals surface area contributed by atoms with Gasteiger partial charge in [-0.05, 0) is 82.6 Å². The number of benzene rings is 4. The van der Waals surface area contributed by atoms with Crippen molar-refractivity contribution in [2.24, 2.45) is 0 Å². The van der Waals surface area contributed by atoms with Crippen molar-refractivity contribution >= 4 is 101 Å². The van der Waals surface area contributed by atoms with E-state index >= 15 is 0 Å². The number of para-hydroxylation sites is 2. The maximum absolute atomic E-state index is 9.26. The fourth-order valence-electron chi connectivity index (χ4n) is 5.58. The summed E-state index contributed by atoms with van der Waals surface area (Å²) in [6.07, 6.45) is 0.408. The molecule has 8 rings (SSSR count). The zero-order chi connectivity index (χ0) is 41.7. The molecule has 8 aromatic rings. The molecule has 4 aromatic heterocycles. The summed E-state index contributed by atoms with van der Waals surface area (Å²) in [6, 6.07) is 25.4. The van der Waals surface area contributed by atoms with Crippen LogP contribution in [0.1, 0.15) is 16.5 Å². The van der Waals surface area contributed by atoms with Gasteiger partial charge in [0.05, 0.1) is 46.7 Å². The molecule has 0 radical (unpaired) electrons. The highest BCUT2D eigenvalue weighted by Gasteiger charge is 2.24. The third kappa shape index (κ3) is 10.1. The van der Waals surface area contributed by atoms with Crippen LogP contribution in [-0.4, -0.2) is 66.0 Å². The number of nitrogens with zero attached hydrogens (tertiary/aromatic N) is 8. The maximum atomic E-state index is 9.26. The zero-order valence-electron chi connectivity index (χ0n) is 32.3. The maximum Gasteiger partial charge on any atom is 0.326 e. The van der Waals surface area contributed by atoms with Crippen molar-refractivity contribution in [2.75, 3.05) is 32.5 Å². The number of hydrogen-bond donors (Lipinski definition) is 0. The van der Waals surface area contributed by atoms with E-state index in [0.717, 1.165) is 47.3 Å². The second-order valence-corrected chi connectivity index (χ2v) is 23.5. The molecule has 0 aliphatic carbocycles. The summed E-state index contributed by atoms with van der Waals surface area (Å²) in [5, 5.41) is 28.6. The number of aromatic nitrogens is 6. The summed E-state index contributed by atoms with van der Waals surface area (Å²) in [5.41, 5.74) is 3.30. The summed E-state index contributed by atoms with van der Waals surface area (Å²) in [6.45, 7) is 7.87. The molecular weight excluding hydrogens is 916 g/mol. The Hall–Kier alpha value is -4.93. The van der Waals surface area contributed by atoms with Gasteiger partial charge in [-0.3, -0.25) is 0 Å². The molecule has 0 unspecified atom stereocenters. The summed E-state index contributed by atoms with van der Waals surface area (Å²) in [7, 11) is 2.04. The van der Waals surface area contributed by atoms with Crippen molar-refractivity contribution in [2.45, 2.75) is 32.1 Å². The molecular formula is C40H35BrCl2N8O5S2Si. The van der Waals surface area contributed by atoms with Gasteiger partial charge in [0, 0.05) is 29.2 Å². The van der Waals surface area contributed by atoms with E-state index in [1.165, 1.54) is 11.3 Å². The van der Waals surface area contributed by atoms with E-state index in [2.05, 4.69) is 67.0 Å². The first-order chi connectivity index (χ1) is 28.4. The monoisotopic (exact) mass is 948 g/mol. The summed E-state index contributed by atoms with van der Waals surface area (Å²) < 4.78 is 31.4. The first-order valence-corrected chi connectivity index (χ1v) is 24.8. The van der Waals surface area contributed by atoms with E-state index in [9.17, 15) is 5.26 Å². The largest absolute Gasteiger partial charge is 0.494 e. The van der Waals surface area contributed by atoms with E-state index < -0.39 is 8.07 Å². The van der Waals surface area contributed by atoms with Gasteiger partial charge in [-0.25, -0.2) is 14.9 Å². The third-order valence-corrected chi connectivity index (χ3v) is 13.5. The van der Waals surface area contributed by atoms with Gasteiger partial charge in [0.15, 0.2) is 5.13 Å². The topological polar surface area (TPSA) is 158 Å². The van der Waals surface area contributed by atoms with Crippen LogP contribution in [0.4, 0.5) is 11.1 Å². The van der Waals surface area contributed by atoms with Crippen molar-refractivity contribution in [3.8, 4) is 40.5 Å². The first kappa shape index (κ1) is 42.2. The Bertz CT molecular complexity index is 2780. The van der Waals surface area contributed by atoms with Gasteiger partial charge < -0.3 is 23.0 Å². The molecule has 0 bridgehead atoms. The van der Waals surface area contributed by atoms with E-state index in [0.29, 0.717) is 62.9 Å². The van der Waals surface area contributed by atoms with Crippen LogP contribution in [0.5, 0.6) is 11.5 Å². The Morgan fingerprint density at radius 2 is 1.44 bits per heavy atom. The lowest BCUT2D eigenvalue weighted by molar-refractivity contribution is 0.150. The van der Waals surface area contributed by atoms with E-state index in [1.54, 1.807) is 60.8 Å². The molecule has 13 nitrogen and oxygen atoms in total. The van der Waals surface area contributed by atoms with Crippen molar-refractivity contribution in [1.82, 2.24) is 30.4 Å². The highest BCUT2D eigenvalue weighted by Crippen LogP contribution is 2.38. The molecule has 4 aromatic carbocycles. The van der Waals surface area contributed by atoms with Gasteiger partial charge in [-0.2, -0.15) is 5.26 Å². The Labute approximate surface area is 366 Å². The summed E-state index contributed by atoms with van der Waals surface area (Å²) >= 11 is 18.6. The number of halogens is 3. The Kier molecular flexibility index (Phi) is 13.3. The molecule has 59 heavy (non-hydrogen) atoms. The predicted octanol–water partition coefficient (Wildman–Crippen LogP) is 11.7. The van der Waals surface area contributed by atoms with Crippen LogP contribution in [0.15, 0.2) is 86.1 Å². The average Bonchev–Trinajstić information content (AvgIpc) is 4.04. The van der Waals surface area contributed by atoms with E-state index in [4.69, 9.17) is 51.2 Å². The number of hydrogen-bond acceptors (Lipinski definition) is 15. The van der Waals surface area contributed by atoms with Crippen LogP contribution in [0, 0.1) is 11.3 Å². The minimum absolute atomic E-state index is 0.246. The molecule has 0 fully saturated rings. The highest BCUT2D eigenvalue weighted by atomic mass is 79.9. The van der Waals surface area contributed by atoms with Crippen LogP contribution in [-0.2, 0) is 11.2 Å². The Balaban J connectivity index is 0.000000184. The lowest BCUT2D eigenvalue weighted by Gasteiger charge is -2.19. The number of rotatable bonds is 13. The molecule has 19 heteroatoms. The number of anilines is 2. The van der Waals surface area contributed by atoms with Gasteiger partial charge in [0.25, 0.3) is 5.89 Å². The van der Waals surface area contributed by atoms with Crippen molar-refractivity contribution in [3.63, 3.8) is 0 Å². The summed E-state index contributed by atoms with van der Waals surface area (Å²) in [4.78, 5) is 11.2. The van der Waals surface area contributed by atoms with Crippen LogP contribution in [0.2, 0.25) is 35.7 Å². The molecule has 0 atom stereocenters. The molecule has 0 N–H and O–H groups in total. The van der Waals surface area contributed by atoms with Crippen LogP contribution < -0.4 is 14.4 Å². The SMILES string of the molecule is COc1cccc2sc(Cc3nnc(-c4ccc(Cl)cc4C#N)o3)nc12.COc1cccc2sc(N(COCC[Si](C)(C)C)c3nnc(-c4ccc(Cl)cc4Br)o3)nc12. The Morgan fingerprint density at radius 3 is 2.12 bits per heavy atom. The molecule has 0 aliphatic heterocycles. The smallest absolute Gasteiger partial charge is 0.326 e. The van der Waals surface area contributed by atoms with Crippen LogP contribution in [0.3, 0.4) is 0 Å². The molecule has 0 aliphatic rings. The zero-order valence-corrected chi connectivity index (χ0v) is 38.1. The van der Waals surface area contributed by atoms with Gasteiger partial charge in [0.2, 0.25) is 11.8 Å². The van der Waals surface area contributed by atoms with Crippen molar-refractivity contribution in [3.05, 3.63) is 104 Å². The van der Waals surface area contributed by atoms with Crippen LogP contribution in [0.25, 0.3) is 43.3 Å². The lowest BCUT2D eigenvalue weighted by Crippen LogP contribution is -2.25. The number of thiazole rings is 2.